The van der Waals surface area contributed by atoms with Gasteiger partial charge in [-0.1, -0.05) is 35.1 Å². The van der Waals surface area contributed by atoms with E-state index in [1.807, 2.05) is 58.3 Å². The van der Waals surface area contributed by atoms with Crippen LogP contribution in [0.15, 0.2) is 30.3 Å². The minimum atomic E-state index is -0.0151. The van der Waals surface area contributed by atoms with Crippen LogP contribution in [0, 0.1) is 20.8 Å². The summed E-state index contributed by atoms with van der Waals surface area (Å²) in [7, 11) is 5.66. The largest absolute Gasteiger partial charge is 0.494 e. The predicted molar refractivity (Wildman–Crippen MR) is 124 cm³/mol. The van der Waals surface area contributed by atoms with Crippen molar-refractivity contribution >= 4 is 45.0 Å². The summed E-state index contributed by atoms with van der Waals surface area (Å²) in [5.41, 5.74) is 4.71. The summed E-state index contributed by atoms with van der Waals surface area (Å²) in [6.45, 7) is 7.36. The van der Waals surface area contributed by atoms with Crippen molar-refractivity contribution in [3.8, 4) is 5.75 Å². The predicted octanol–water partition coefficient (Wildman–Crippen LogP) is 4.86. The summed E-state index contributed by atoms with van der Waals surface area (Å²) in [6, 6.07) is 9.94. The zero-order chi connectivity index (χ0) is 20.4. The van der Waals surface area contributed by atoms with E-state index in [0.717, 1.165) is 44.8 Å². The molecule has 7 heteroatoms. The Kier molecular flexibility index (Phi) is 7.63. The van der Waals surface area contributed by atoms with Crippen LogP contribution in [0.3, 0.4) is 0 Å². The number of rotatable bonds is 6. The van der Waals surface area contributed by atoms with E-state index in [2.05, 4.69) is 11.8 Å². The van der Waals surface area contributed by atoms with Crippen LogP contribution >= 0.6 is 23.7 Å². The van der Waals surface area contributed by atoms with Gasteiger partial charge in [-0.25, -0.2) is 4.98 Å². The molecule has 0 aliphatic rings. The molecule has 0 spiro atoms. The second-order valence-corrected chi connectivity index (χ2v) is 8.31. The SMILES string of the molecule is COc1ccc(C)c2sc(N(CCN(C)C)C(=O)c3cc(C)ccc3C)nc12.Cl. The van der Waals surface area contributed by atoms with Gasteiger partial charge in [-0.15, -0.1) is 12.4 Å². The summed E-state index contributed by atoms with van der Waals surface area (Å²) < 4.78 is 6.54. The molecule has 0 saturated heterocycles. The Bertz CT molecular complexity index is 1020. The van der Waals surface area contributed by atoms with Gasteiger partial charge in [0.05, 0.1) is 11.8 Å². The highest BCUT2D eigenvalue weighted by atomic mass is 35.5. The average molecular weight is 434 g/mol. The van der Waals surface area contributed by atoms with Crippen LogP contribution in [0.4, 0.5) is 5.13 Å². The Morgan fingerprint density at radius 1 is 1.07 bits per heavy atom. The number of halogens is 1. The van der Waals surface area contributed by atoms with Crippen LogP contribution in [-0.4, -0.2) is 50.1 Å². The fraction of sp³-hybridized carbons (Fsp3) is 0.364. The van der Waals surface area contributed by atoms with Gasteiger partial charge in [-0.2, -0.15) is 0 Å². The van der Waals surface area contributed by atoms with Crippen LogP contribution < -0.4 is 9.64 Å². The Morgan fingerprint density at radius 3 is 2.41 bits per heavy atom. The molecule has 0 atom stereocenters. The Hall–Kier alpha value is -2.15. The number of nitrogens with zero attached hydrogens (tertiary/aromatic N) is 3. The molecule has 0 bridgehead atoms. The van der Waals surface area contributed by atoms with E-state index in [9.17, 15) is 4.79 Å². The van der Waals surface area contributed by atoms with Crippen LogP contribution in [-0.2, 0) is 0 Å². The number of amides is 1. The molecule has 3 rings (SSSR count). The molecular weight excluding hydrogens is 406 g/mol. The Labute approximate surface area is 182 Å². The van der Waals surface area contributed by atoms with Crippen LogP contribution in [0.1, 0.15) is 27.0 Å². The van der Waals surface area contributed by atoms with E-state index in [4.69, 9.17) is 9.72 Å². The average Bonchev–Trinajstić information content (AvgIpc) is 3.10. The number of methoxy groups -OCH3 is 1. The van der Waals surface area contributed by atoms with Crippen molar-refractivity contribution in [2.75, 3.05) is 39.2 Å². The highest BCUT2D eigenvalue weighted by Crippen LogP contribution is 2.37. The van der Waals surface area contributed by atoms with Gasteiger partial charge in [-0.3, -0.25) is 9.69 Å². The van der Waals surface area contributed by atoms with Gasteiger partial charge >= 0.3 is 0 Å². The number of carbonyl (C=O) groups is 1. The lowest BCUT2D eigenvalue weighted by atomic mass is 10.0. The van der Waals surface area contributed by atoms with E-state index < -0.39 is 0 Å². The molecular formula is C22H28ClN3O2S. The van der Waals surface area contributed by atoms with Crippen molar-refractivity contribution in [3.05, 3.63) is 52.6 Å². The summed E-state index contributed by atoms with van der Waals surface area (Å²) >= 11 is 1.54. The number of hydrogen-bond donors (Lipinski definition) is 0. The molecule has 0 saturated carbocycles. The molecule has 2 aromatic carbocycles. The summed E-state index contributed by atoms with van der Waals surface area (Å²) in [6.07, 6.45) is 0. The molecule has 0 unspecified atom stereocenters. The maximum atomic E-state index is 13.5. The van der Waals surface area contributed by atoms with E-state index >= 15 is 0 Å². The number of anilines is 1. The smallest absolute Gasteiger partial charge is 0.260 e. The molecule has 0 radical (unpaired) electrons. The molecule has 1 amide bonds. The number of fused-ring (bicyclic) bond motifs is 1. The molecule has 0 aliphatic heterocycles. The van der Waals surface area contributed by atoms with Crippen LogP contribution in [0.2, 0.25) is 0 Å². The van der Waals surface area contributed by atoms with E-state index in [-0.39, 0.29) is 18.3 Å². The van der Waals surface area contributed by atoms with Gasteiger partial charge < -0.3 is 9.64 Å². The summed E-state index contributed by atoms with van der Waals surface area (Å²) in [5, 5.41) is 0.704. The topological polar surface area (TPSA) is 45.7 Å². The first-order valence-electron chi connectivity index (χ1n) is 9.29. The summed E-state index contributed by atoms with van der Waals surface area (Å²) in [4.78, 5) is 22.2. The summed E-state index contributed by atoms with van der Waals surface area (Å²) in [5.74, 6) is 0.716. The molecule has 5 nitrogen and oxygen atoms in total. The van der Waals surface area contributed by atoms with Gasteiger partial charge in [0.1, 0.15) is 11.3 Å². The third kappa shape index (κ3) is 4.89. The van der Waals surface area contributed by atoms with Gasteiger partial charge in [0.25, 0.3) is 5.91 Å². The highest BCUT2D eigenvalue weighted by molar-refractivity contribution is 7.22. The highest BCUT2D eigenvalue weighted by Gasteiger charge is 2.24. The van der Waals surface area contributed by atoms with Crippen molar-refractivity contribution in [2.24, 2.45) is 0 Å². The standard InChI is InChI=1S/C22H27N3O2S.ClH/c1-14-7-8-15(2)17(13-14)21(26)25(12-11-24(4)5)22-23-19-18(27-6)10-9-16(3)20(19)28-22;/h7-10,13H,11-12H2,1-6H3;1H. The Balaban J connectivity index is 0.00000300. The van der Waals surface area contributed by atoms with Crippen molar-refractivity contribution < 1.29 is 9.53 Å². The van der Waals surface area contributed by atoms with Gasteiger partial charge in [0, 0.05) is 18.7 Å². The fourth-order valence-electron chi connectivity index (χ4n) is 3.07. The first kappa shape index (κ1) is 23.1. The van der Waals surface area contributed by atoms with Gasteiger partial charge in [0.2, 0.25) is 0 Å². The zero-order valence-electron chi connectivity index (χ0n) is 17.8. The number of benzene rings is 2. The monoisotopic (exact) mass is 433 g/mol. The van der Waals surface area contributed by atoms with Crippen molar-refractivity contribution in [2.45, 2.75) is 20.8 Å². The lowest BCUT2D eigenvalue weighted by Crippen LogP contribution is -2.37. The third-order valence-corrected chi connectivity index (χ3v) is 6.00. The minimum absolute atomic E-state index is 0. The number of likely N-dealkylation sites (N-methyl/N-ethyl adjacent to an activating group) is 1. The molecule has 0 N–H and O–H groups in total. The molecule has 29 heavy (non-hydrogen) atoms. The van der Waals surface area contributed by atoms with Gasteiger partial charge in [-0.05, 0) is 58.1 Å². The number of aromatic nitrogens is 1. The number of aryl methyl sites for hydroxylation is 3. The molecule has 1 aromatic heterocycles. The maximum Gasteiger partial charge on any atom is 0.260 e. The number of hydrogen-bond acceptors (Lipinski definition) is 5. The number of thiazole rings is 1. The normalized spacial score (nSPS) is 10.9. The second-order valence-electron chi connectivity index (χ2n) is 7.34. The minimum Gasteiger partial charge on any atom is -0.494 e. The fourth-order valence-corrected chi connectivity index (χ4v) is 4.15. The van der Waals surface area contributed by atoms with Crippen molar-refractivity contribution in [1.29, 1.82) is 0 Å². The lowest BCUT2D eigenvalue weighted by Gasteiger charge is -2.23. The van der Waals surface area contributed by atoms with E-state index in [1.54, 1.807) is 23.3 Å². The van der Waals surface area contributed by atoms with Crippen LogP contribution in [0.5, 0.6) is 5.75 Å². The molecule has 0 aliphatic carbocycles. The quantitative estimate of drug-likeness (QED) is 0.556. The maximum absolute atomic E-state index is 13.5. The van der Waals surface area contributed by atoms with E-state index in [1.165, 1.54) is 0 Å². The Morgan fingerprint density at radius 2 is 1.76 bits per heavy atom. The van der Waals surface area contributed by atoms with Gasteiger partial charge in [0.15, 0.2) is 5.13 Å². The third-order valence-electron chi connectivity index (χ3n) is 4.78. The number of carbonyl (C=O) groups excluding carboxylic acids is 1. The second kappa shape index (κ2) is 9.57. The number of ether oxygens (including phenoxy) is 1. The van der Waals surface area contributed by atoms with E-state index in [0.29, 0.717) is 11.7 Å². The van der Waals surface area contributed by atoms with Crippen molar-refractivity contribution in [3.63, 3.8) is 0 Å². The lowest BCUT2D eigenvalue weighted by molar-refractivity contribution is 0.0984. The zero-order valence-corrected chi connectivity index (χ0v) is 19.4. The molecule has 156 valence electrons. The molecule has 1 heterocycles. The first-order chi connectivity index (χ1) is 13.3. The first-order valence-corrected chi connectivity index (χ1v) is 10.1. The molecule has 0 fully saturated rings. The van der Waals surface area contributed by atoms with Crippen LogP contribution in [0.25, 0.3) is 10.2 Å². The molecule has 3 aromatic rings. The van der Waals surface area contributed by atoms with Crippen molar-refractivity contribution in [1.82, 2.24) is 9.88 Å².